The van der Waals surface area contributed by atoms with Gasteiger partial charge in [0.1, 0.15) is 0 Å². The number of amides is 1. The second-order valence-corrected chi connectivity index (χ2v) is 26.0. The lowest BCUT2D eigenvalue weighted by molar-refractivity contribution is -0.143. The maximum absolute atomic E-state index is 12.5. The van der Waals surface area contributed by atoms with Gasteiger partial charge in [-0.15, -0.1) is 0 Å². The maximum atomic E-state index is 12.5. The second-order valence-electron chi connectivity index (χ2n) is 26.0. The van der Waals surface area contributed by atoms with Gasteiger partial charge in [-0.25, -0.2) is 0 Å². The maximum Gasteiger partial charge on any atom is 0.305 e. The Morgan fingerprint density at radius 2 is 0.568 bits per heavy atom. The topological polar surface area (TPSA) is 95.9 Å². The van der Waals surface area contributed by atoms with Crippen LogP contribution in [0.2, 0.25) is 0 Å². The van der Waals surface area contributed by atoms with E-state index in [9.17, 15) is 19.8 Å². The van der Waals surface area contributed by atoms with Gasteiger partial charge in [-0.2, -0.15) is 0 Å². The molecule has 0 aliphatic rings. The van der Waals surface area contributed by atoms with Crippen LogP contribution in [-0.2, 0) is 14.3 Å². The van der Waals surface area contributed by atoms with Gasteiger partial charge in [0.15, 0.2) is 0 Å². The summed E-state index contributed by atoms with van der Waals surface area (Å²) in [6, 6.07) is -0.628. The molecule has 81 heavy (non-hydrogen) atoms. The lowest BCUT2D eigenvalue weighted by Gasteiger charge is -2.20. The van der Waals surface area contributed by atoms with Crippen LogP contribution in [0.15, 0.2) is 12.2 Å². The molecule has 0 bridgehead atoms. The normalized spacial score (nSPS) is 12.5. The molecule has 0 aromatic rings. The predicted octanol–water partition coefficient (Wildman–Crippen LogP) is 24.3. The van der Waals surface area contributed by atoms with E-state index >= 15 is 0 Å². The standard InChI is InChI=1S/C75H147NO5/c1-3-5-7-9-11-13-15-17-19-21-23-24-28-32-35-39-43-47-51-55-59-63-67-73(78)72(71-77)76-74(79)68-64-60-56-52-48-44-40-36-33-29-26-25-27-30-34-38-42-46-50-54-58-62-66-70-81-75(80)69-65-61-57-53-49-45-41-37-31-22-20-18-16-14-12-10-8-6-4-2/h63,67,72-73,77-78H,3-62,64-66,68-71H2,1-2H3,(H,76,79)/b67-63+. The van der Waals surface area contributed by atoms with Gasteiger partial charge < -0.3 is 20.3 Å². The van der Waals surface area contributed by atoms with Gasteiger partial charge in [-0.3, -0.25) is 9.59 Å². The number of allylic oxidation sites excluding steroid dienone is 1. The number of ether oxygens (including phenoxy) is 1. The van der Waals surface area contributed by atoms with Gasteiger partial charge in [0.2, 0.25) is 5.91 Å². The minimum Gasteiger partial charge on any atom is -0.466 e. The van der Waals surface area contributed by atoms with E-state index < -0.39 is 12.1 Å². The number of carbonyl (C=O) groups is 2. The van der Waals surface area contributed by atoms with Crippen LogP contribution in [0.1, 0.15) is 431 Å². The van der Waals surface area contributed by atoms with Gasteiger partial charge >= 0.3 is 5.97 Å². The average Bonchev–Trinajstić information content (AvgIpc) is 3.47. The molecule has 6 nitrogen and oxygen atoms in total. The summed E-state index contributed by atoms with van der Waals surface area (Å²) in [5, 5.41) is 23.3. The van der Waals surface area contributed by atoms with Crippen LogP contribution in [0.5, 0.6) is 0 Å². The number of nitrogens with one attached hydrogen (secondary N) is 1. The molecule has 0 radical (unpaired) electrons. The predicted molar refractivity (Wildman–Crippen MR) is 357 cm³/mol. The smallest absolute Gasteiger partial charge is 0.305 e. The molecule has 0 aromatic carbocycles. The SMILES string of the molecule is CCCCCCCCCCCCCCCCCCCCCC/C=C/C(O)C(CO)NC(=O)CCCCCCCCCCCCCCCCCCCCCCCCCOC(=O)CCCCCCCCCCCCCCCCCCCCC. The Labute approximate surface area is 508 Å². The van der Waals surface area contributed by atoms with Crippen molar-refractivity contribution in [2.24, 2.45) is 0 Å². The molecule has 2 unspecified atom stereocenters. The van der Waals surface area contributed by atoms with Crippen molar-refractivity contribution >= 4 is 11.9 Å². The fraction of sp³-hybridized carbons (Fsp3) is 0.947. The van der Waals surface area contributed by atoms with E-state index in [1.165, 1.54) is 366 Å². The summed E-state index contributed by atoms with van der Waals surface area (Å²) < 4.78 is 5.52. The molecule has 0 heterocycles. The van der Waals surface area contributed by atoms with Crippen molar-refractivity contribution in [3.8, 4) is 0 Å². The van der Waals surface area contributed by atoms with E-state index in [2.05, 4.69) is 19.2 Å². The Morgan fingerprint density at radius 1 is 0.333 bits per heavy atom. The van der Waals surface area contributed by atoms with Crippen LogP contribution in [0.25, 0.3) is 0 Å². The summed E-state index contributed by atoms with van der Waals surface area (Å²) in [7, 11) is 0. The molecule has 0 fully saturated rings. The summed E-state index contributed by atoms with van der Waals surface area (Å²) >= 11 is 0. The molecular formula is C75H147NO5. The third kappa shape index (κ3) is 67.6. The Balaban J connectivity index is 3.37. The quantitative estimate of drug-likeness (QED) is 0.0320. The van der Waals surface area contributed by atoms with Crippen molar-refractivity contribution in [3.05, 3.63) is 12.2 Å². The van der Waals surface area contributed by atoms with Crippen LogP contribution in [0, 0.1) is 0 Å². The molecule has 2 atom stereocenters. The zero-order valence-electron chi connectivity index (χ0n) is 55.3. The molecule has 0 aliphatic carbocycles. The van der Waals surface area contributed by atoms with Crippen LogP contribution in [0.4, 0.5) is 0 Å². The van der Waals surface area contributed by atoms with Crippen LogP contribution in [0.3, 0.4) is 0 Å². The van der Waals surface area contributed by atoms with Gasteiger partial charge in [0, 0.05) is 12.8 Å². The Bertz CT molecular complexity index is 1220. The number of hydrogen-bond acceptors (Lipinski definition) is 5. The molecule has 0 aromatic heterocycles. The number of unbranched alkanes of at least 4 members (excludes halogenated alkanes) is 60. The molecule has 0 saturated heterocycles. The second kappa shape index (κ2) is 71.1. The van der Waals surface area contributed by atoms with Crippen molar-refractivity contribution in [2.75, 3.05) is 13.2 Å². The Kier molecular flexibility index (Phi) is 69.9. The summed E-state index contributed by atoms with van der Waals surface area (Å²) in [5.74, 6) is -0.0422. The van der Waals surface area contributed by atoms with Crippen LogP contribution in [-0.4, -0.2) is 47.4 Å². The van der Waals surface area contributed by atoms with Crippen molar-refractivity contribution in [3.63, 3.8) is 0 Å². The van der Waals surface area contributed by atoms with E-state index in [4.69, 9.17) is 4.74 Å². The molecule has 0 rings (SSSR count). The van der Waals surface area contributed by atoms with Crippen molar-refractivity contribution < 1.29 is 24.5 Å². The van der Waals surface area contributed by atoms with Crippen molar-refractivity contribution in [1.29, 1.82) is 0 Å². The minimum absolute atomic E-state index is 0.0201. The average molecular weight is 1140 g/mol. The zero-order chi connectivity index (χ0) is 58.5. The van der Waals surface area contributed by atoms with E-state index in [1.54, 1.807) is 6.08 Å². The molecule has 1 amide bonds. The summed E-state index contributed by atoms with van der Waals surface area (Å²) in [4.78, 5) is 24.7. The lowest BCUT2D eigenvalue weighted by Crippen LogP contribution is -2.45. The monoisotopic (exact) mass is 1140 g/mol. The summed E-state index contributed by atoms with van der Waals surface area (Å²) in [6.45, 7) is 4.96. The van der Waals surface area contributed by atoms with Gasteiger partial charge in [-0.1, -0.05) is 398 Å². The summed E-state index contributed by atoms with van der Waals surface area (Å²) in [5.41, 5.74) is 0. The molecule has 3 N–H and O–H groups in total. The van der Waals surface area contributed by atoms with Crippen molar-refractivity contribution in [1.82, 2.24) is 5.32 Å². The highest BCUT2D eigenvalue weighted by Gasteiger charge is 2.18. The van der Waals surface area contributed by atoms with E-state index in [0.29, 0.717) is 19.4 Å². The number of aliphatic hydroxyl groups is 2. The Hall–Kier alpha value is -1.40. The van der Waals surface area contributed by atoms with E-state index in [-0.39, 0.29) is 18.5 Å². The van der Waals surface area contributed by atoms with Crippen molar-refractivity contribution in [2.45, 2.75) is 443 Å². The largest absolute Gasteiger partial charge is 0.466 e. The Morgan fingerprint density at radius 3 is 0.840 bits per heavy atom. The first kappa shape index (κ1) is 79.6. The van der Waals surface area contributed by atoms with Gasteiger partial charge in [0.05, 0.1) is 25.4 Å². The fourth-order valence-corrected chi connectivity index (χ4v) is 12.1. The third-order valence-corrected chi connectivity index (χ3v) is 17.8. The highest BCUT2D eigenvalue weighted by Crippen LogP contribution is 2.20. The minimum atomic E-state index is -0.845. The van der Waals surface area contributed by atoms with Gasteiger partial charge in [-0.05, 0) is 32.1 Å². The molecule has 0 aliphatic heterocycles. The first-order chi connectivity index (χ1) is 40.0. The fourth-order valence-electron chi connectivity index (χ4n) is 12.1. The van der Waals surface area contributed by atoms with E-state index in [0.717, 1.165) is 38.5 Å². The molecule has 6 heteroatoms. The number of aliphatic hydroxyl groups excluding tert-OH is 2. The lowest BCUT2D eigenvalue weighted by atomic mass is 10.0. The van der Waals surface area contributed by atoms with Crippen LogP contribution >= 0.6 is 0 Å². The number of hydrogen-bond donors (Lipinski definition) is 3. The summed E-state index contributed by atoms with van der Waals surface area (Å²) in [6.07, 6.45) is 88.8. The number of esters is 1. The van der Waals surface area contributed by atoms with Crippen LogP contribution < -0.4 is 5.32 Å². The van der Waals surface area contributed by atoms with E-state index in [1.807, 2.05) is 6.08 Å². The molecule has 482 valence electrons. The van der Waals surface area contributed by atoms with Gasteiger partial charge in [0.25, 0.3) is 0 Å². The molecule has 0 spiro atoms. The first-order valence-corrected chi connectivity index (χ1v) is 37.5. The number of carbonyl (C=O) groups excluding carboxylic acids is 2. The highest BCUT2D eigenvalue weighted by atomic mass is 16.5. The number of rotatable bonds is 71. The first-order valence-electron chi connectivity index (χ1n) is 37.5. The molecule has 0 saturated carbocycles. The third-order valence-electron chi connectivity index (χ3n) is 17.8. The zero-order valence-corrected chi connectivity index (χ0v) is 55.3. The highest BCUT2D eigenvalue weighted by molar-refractivity contribution is 5.76. The molecular weight excluding hydrogens is 995 g/mol.